The van der Waals surface area contributed by atoms with Crippen LogP contribution in [0.2, 0.25) is 0 Å². The number of imide groups is 1. The number of nitrogens with one attached hydrogen (secondary N) is 3. The summed E-state index contributed by atoms with van der Waals surface area (Å²) in [6, 6.07) is 8.27. The molecule has 2 aliphatic heterocycles. The van der Waals surface area contributed by atoms with E-state index in [-0.39, 0.29) is 42.5 Å². The second-order valence-corrected chi connectivity index (χ2v) is 7.17. The van der Waals surface area contributed by atoms with Gasteiger partial charge in [-0.15, -0.1) is 24.0 Å². The number of aliphatic imine (C=N–C) groups is 1. The number of carbonyl (C=O) groups is 2. The fourth-order valence-electron chi connectivity index (χ4n) is 3.12. The Morgan fingerprint density at radius 1 is 1.33 bits per heavy atom. The summed E-state index contributed by atoms with van der Waals surface area (Å²) in [7, 11) is 1.71. The van der Waals surface area contributed by atoms with Gasteiger partial charge >= 0.3 is 6.03 Å². The van der Waals surface area contributed by atoms with Crippen LogP contribution in [-0.4, -0.2) is 68.6 Å². The molecule has 2 fully saturated rings. The van der Waals surface area contributed by atoms with Crippen molar-refractivity contribution >= 4 is 63.5 Å². The summed E-state index contributed by atoms with van der Waals surface area (Å²) < 4.78 is 1.07. The molecule has 2 aliphatic rings. The van der Waals surface area contributed by atoms with Gasteiger partial charge in [0.05, 0.1) is 6.54 Å². The van der Waals surface area contributed by atoms with Gasteiger partial charge in [-0.3, -0.25) is 14.7 Å². The number of urea groups is 1. The Balaban J connectivity index is 0.00000261. The molecular weight excluding hydrogens is 527 g/mol. The van der Waals surface area contributed by atoms with Crippen molar-refractivity contribution in [1.82, 2.24) is 20.9 Å². The van der Waals surface area contributed by atoms with Crippen LogP contribution < -0.4 is 20.9 Å². The van der Waals surface area contributed by atoms with Crippen LogP contribution in [0.5, 0.6) is 0 Å². The molecule has 0 saturated carbocycles. The third kappa shape index (κ3) is 5.71. The highest BCUT2D eigenvalue weighted by atomic mass is 127. The van der Waals surface area contributed by atoms with Crippen LogP contribution in [0.15, 0.2) is 33.7 Å². The highest BCUT2D eigenvalue weighted by Crippen LogP contribution is 2.22. The zero-order chi connectivity index (χ0) is 18.5. The lowest BCUT2D eigenvalue weighted by atomic mass is 10.3. The van der Waals surface area contributed by atoms with E-state index < -0.39 is 0 Å². The van der Waals surface area contributed by atoms with Crippen molar-refractivity contribution in [3.8, 4) is 0 Å². The largest absolute Gasteiger partial charge is 0.369 e. The standard InChI is InChI=1S/C17H23BrN6O2.HI/c1-19-16(20-7-9-24-15(25)10-21-17(24)26)22-13-6-8-23(11-13)14-4-2-12(18)3-5-14;/h2-5,13H,6-11H2,1H3,(H,21,26)(H2,19,20,22);1H. The lowest BCUT2D eigenvalue weighted by Gasteiger charge is -2.21. The third-order valence-electron chi connectivity index (χ3n) is 4.51. The minimum absolute atomic E-state index is 0. The van der Waals surface area contributed by atoms with Crippen molar-refractivity contribution in [2.75, 3.05) is 44.7 Å². The van der Waals surface area contributed by atoms with Gasteiger partial charge < -0.3 is 20.9 Å². The van der Waals surface area contributed by atoms with E-state index in [0.717, 1.165) is 24.0 Å². The van der Waals surface area contributed by atoms with E-state index in [9.17, 15) is 9.59 Å². The Kier molecular flexibility index (Phi) is 8.14. The molecule has 10 heteroatoms. The van der Waals surface area contributed by atoms with Crippen LogP contribution >= 0.6 is 39.9 Å². The van der Waals surface area contributed by atoms with Gasteiger partial charge in [0.2, 0.25) is 5.91 Å². The monoisotopic (exact) mass is 550 g/mol. The number of benzene rings is 1. The first kappa shape index (κ1) is 21.7. The van der Waals surface area contributed by atoms with Crippen LogP contribution in [0.1, 0.15) is 6.42 Å². The Bertz CT molecular complexity index is 683. The minimum atomic E-state index is -0.333. The molecule has 0 aromatic heterocycles. The number of hydrogen-bond donors (Lipinski definition) is 3. The molecule has 0 aliphatic carbocycles. The van der Waals surface area contributed by atoms with E-state index in [1.54, 1.807) is 7.05 Å². The summed E-state index contributed by atoms with van der Waals surface area (Å²) in [5.41, 5.74) is 1.21. The summed E-state index contributed by atoms with van der Waals surface area (Å²) in [6.45, 7) is 2.75. The van der Waals surface area contributed by atoms with Gasteiger partial charge in [-0.05, 0) is 30.7 Å². The molecule has 8 nitrogen and oxygen atoms in total. The normalized spacial score (nSPS) is 19.8. The second kappa shape index (κ2) is 10.1. The van der Waals surface area contributed by atoms with E-state index in [2.05, 4.69) is 53.9 Å². The van der Waals surface area contributed by atoms with E-state index in [1.165, 1.54) is 10.6 Å². The van der Waals surface area contributed by atoms with E-state index in [4.69, 9.17) is 0 Å². The molecule has 1 aromatic rings. The fraction of sp³-hybridized carbons (Fsp3) is 0.471. The number of hydrogen-bond acceptors (Lipinski definition) is 4. The Morgan fingerprint density at radius 3 is 2.70 bits per heavy atom. The predicted octanol–water partition coefficient (Wildman–Crippen LogP) is 1.36. The lowest BCUT2D eigenvalue weighted by molar-refractivity contribution is -0.124. The van der Waals surface area contributed by atoms with Crippen molar-refractivity contribution < 1.29 is 9.59 Å². The summed E-state index contributed by atoms with van der Waals surface area (Å²) in [5, 5.41) is 9.08. The first-order chi connectivity index (χ1) is 12.6. The molecule has 3 amide bonds. The van der Waals surface area contributed by atoms with Gasteiger partial charge in [0.1, 0.15) is 0 Å². The van der Waals surface area contributed by atoms with Crippen LogP contribution in [0.4, 0.5) is 10.5 Å². The first-order valence-corrected chi connectivity index (χ1v) is 9.42. The molecule has 1 atom stereocenters. The van der Waals surface area contributed by atoms with Crippen LogP contribution in [0.25, 0.3) is 0 Å². The Hall–Kier alpha value is -1.56. The van der Waals surface area contributed by atoms with E-state index >= 15 is 0 Å². The molecule has 2 saturated heterocycles. The molecule has 2 heterocycles. The number of anilines is 1. The number of halogens is 2. The van der Waals surface area contributed by atoms with Crippen molar-refractivity contribution in [2.24, 2.45) is 4.99 Å². The molecule has 148 valence electrons. The smallest absolute Gasteiger partial charge is 0.324 e. The maximum Gasteiger partial charge on any atom is 0.324 e. The number of nitrogens with zero attached hydrogens (tertiary/aromatic N) is 3. The number of amides is 3. The van der Waals surface area contributed by atoms with Crippen LogP contribution in [-0.2, 0) is 4.79 Å². The number of rotatable bonds is 5. The van der Waals surface area contributed by atoms with Crippen LogP contribution in [0.3, 0.4) is 0 Å². The second-order valence-electron chi connectivity index (χ2n) is 6.26. The third-order valence-corrected chi connectivity index (χ3v) is 5.04. The molecule has 0 bridgehead atoms. The summed E-state index contributed by atoms with van der Waals surface area (Å²) >= 11 is 3.46. The number of carbonyl (C=O) groups excluding carboxylic acids is 2. The average molecular weight is 551 g/mol. The minimum Gasteiger partial charge on any atom is -0.369 e. The number of guanidine groups is 1. The van der Waals surface area contributed by atoms with Crippen molar-refractivity contribution in [2.45, 2.75) is 12.5 Å². The SMILES string of the molecule is CN=C(NCCN1C(=O)CNC1=O)NC1CCN(c2ccc(Br)cc2)C1.I. The van der Waals surface area contributed by atoms with E-state index in [1.807, 2.05) is 12.1 Å². The van der Waals surface area contributed by atoms with Gasteiger partial charge in [-0.2, -0.15) is 0 Å². The summed E-state index contributed by atoms with van der Waals surface area (Å²) in [6.07, 6.45) is 1.02. The molecule has 3 N–H and O–H groups in total. The van der Waals surface area contributed by atoms with Crippen molar-refractivity contribution in [1.29, 1.82) is 0 Å². The van der Waals surface area contributed by atoms with E-state index in [0.29, 0.717) is 25.1 Å². The fourth-order valence-corrected chi connectivity index (χ4v) is 3.38. The van der Waals surface area contributed by atoms with Gasteiger partial charge in [-0.25, -0.2) is 4.79 Å². The molecule has 3 rings (SSSR count). The molecule has 0 radical (unpaired) electrons. The molecule has 27 heavy (non-hydrogen) atoms. The summed E-state index contributed by atoms with van der Waals surface area (Å²) in [5.74, 6) is 0.486. The van der Waals surface area contributed by atoms with Crippen LogP contribution in [0, 0.1) is 0 Å². The van der Waals surface area contributed by atoms with Gasteiger partial charge in [0, 0.05) is 49.4 Å². The summed E-state index contributed by atoms with van der Waals surface area (Å²) in [4.78, 5) is 30.9. The maximum absolute atomic E-state index is 11.6. The van der Waals surface area contributed by atoms with Gasteiger partial charge in [0.15, 0.2) is 5.96 Å². The Morgan fingerprint density at radius 2 is 2.07 bits per heavy atom. The van der Waals surface area contributed by atoms with Gasteiger partial charge in [0.25, 0.3) is 0 Å². The zero-order valence-electron chi connectivity index (χ0n) is 15.1. The molecule has 1 aromatic carbocycles. The highest BCUT2D eigenvalue weighted by Gasteiger charge is 2.28. The zero-order valence-corrected chi connectivity index (χ0v) is 19.0. The maximum atomic E-state index is 11.6. The molecule has 0 spiro atoms. The van der Waals surface area contributed by atoms with Crippen molar-refractivity contribution in [3.05, 3.63) is 28.7 Å². The highest BCUT2D eigenvalue weighted by molar-refractivity contribution is 14.0. The average Bonchev–Trinajstić information content (AvgIpc) is 3.23. The Labute approximate surface area is 184 Å². The topological polar surface area (TPSA) is 89.1 Å². The van der Waals surface area contributed by atoms with Crippen molar-refractivity contribution in [3.63, 3.8) is 0 Å². The van der Waals surface area contributed by atoms with Gasteiger partial charge in [-0.1, -0.05) is 15.9 Å². The quantitative estimate of drug-likeness (QED) is 0.223. The molecule has 1 unspecified atom stereocenters. The first-order valence-electron chi connectivity index (χ1n) is 8.62. The predicted molar refractivity (Wildman–Crippen MR) is 120 cm³/mol. The lowest BCUT2D eigenvalue weighted by Crippen LogP contribution is -2.47. The molecular formula is C17H24BrIN6O2.